The van der Waals surface area contributed by atoms with Crippen LogP contribution in [-0.4, -0.2) is 78.3 Å². The first-order valence-electron chi connectivity index (χ1n) is 18.2. The average molecular weight is 693 g/mol. The van der Waals surface area contributed by atoms with Crippen LogP contribution in [0.15, 0.2) is 30.3 Å². The summed E-state index contributed by atoms with van der Waals surface area (Å²) in [6.07, 6.45) is 6.33. The maximum atomic E-state index is 7.06. The summed E-state index contributed by atoms with van der Waals surface area (Å²) in [7, 11) is 3.25. The fraction of sp³-hybridized carbons (Fsp3) is 0.692. The van der Waals surface area contributed by atoms with E-state index in [1.165, 1.54) is 0 Å². The van der Waals surface area contributed by atoms with Crippen molar-refractivity contribution in [1.82, 2.24) is 0 Å². The molecule has 1 fully saturated rings. The molecule has 0 radical (unpaired) electrons. The predicted molar refractivity (Wildman–Crippen MR) is 192 cm³/mol. The molecule has 1 saturated heterocycles. The highest BCUT2D eigenvalue weighted by molar-refractivity contribution is 6.33. The van der Waals surface area contributed by atoms with Crippen LogP contribution in [0.5, 0.6) is 17.2 Å². The van der Waals surface area contributed by atoms with Crippen LogP contribution in [0.2, 0.25) is 5.02 Å². The van der Waals surface area contributed by atoms with E-state index < -0.39 is 12.2 Å². The summed E-state index contributed by atoms with van der Waals surface area (Å²) in [5.74, 6) is 1.82. The Bertz CT molecular complexity index is 1160. The highest BCUT2D eigenvalue weighted by atomic mass is 35.5. The molecule has 0 unspecified atom stereocenters. The first kappa shape index (κ1) is 40.4. The zero-order valence-electron chi connectivity index (χ0n) is 30.5. The van der Waals surface area contributed by atoms with Gasteiger partial charge in [-0.3, -0.25) is 0 Å². The second kappa shape index (κ2) is 22.6. The van der Waals surface area contributed by atoms with Crippen LogP contribution in [0.4, 0.5) is 0 Å². The second-order valence-electron chi connectivity index (χ2n) is 12.3. The lowest BCUT2D eigenvalue weighted by Crippen LogP contribution is -2.58. The van der Waals surface area contributed by atoms with E-state index in [4.69, 9.17) is 49.5 Å². The van der Waals surface area contributed by atoms with Crippen LogP contribution in [-0.2, 0) is 30.1 Å². The van der Waals surface area contributed by atoms with Gasteiger partial charge in [-0.2, -0.15) is 0 Å². The highest BCUT2D eigenvalue weighted by Gasteiger charge is 2.50. The molecule has 272 valence electrons. The molecule has 1 aliphatic rings. The van der Waals surface area contributed by atoms with Gasteiger partial charge in [-0.15, -0.1) is 0 Å². The Morgan fingerprint density at radius 3 is 1.81 bits per heavy atom. The van der Waals surface area contributed by atoms with Gasteiger partial charge in [-0.25, -0.2) is 0 Å². The van der Waals surface area contributed by atoms with Crippen LogP contribution >= 0.6 is 11.6 Å². The Morgan fingerprint density at radius 2 is 1.25 bits per heavy atom. The zero-order chi connectivity index (χ0) is 34.7. The van der Waals surface area contributed by atoms with Gasteiger partial charge in [0.2, 0.25) is 0 Å². The summed E-state index contributed by atoms with van der Waals surface area (Å²) in [6.45, 7) is 14.1. The Kier molecular flexibility index (Phi) is 19.0. The molecule has 2 aromatic carbocycles. The standard InChI is InChI=1S/C39H61ClO8/c1-8-13-21-43-27-32-36(45-22-14-9-2)39(47-24-16-11-4)38(46-23-15-10-3)35(48-32)31-26-29(33(40)37(42-7)34(31)41-6)25-28-17-19-30(20-18-28)44-12-5/h17-20,26,32,35-36,38-39H,8-16,21-25,27H2,1-7H3/t32-,35+,36-,38+,39+/m1/s1. The van der Waals surface area contributed by atoms with Crippen LogP contribution < -0.4 is 14.2 Å². The number of hydrogen-bond acceptors (Lipinski definition) is 8. The molecule has 0 saturated carbocycles. The second-order valence-corrected chi connectivity index (χ2v) is 12.7. The number of hydrogen-bond donors (Lipinski definition) is 0. The number of unbranched alkanes of at least 4 members (excludes halogenated alkanes) is 4. The third-order valence-corrected chi connectivity index (χ3v) is 9.02. The van der Waals surface area contributed by atoms with Gasteiger partial charge >= 0.3 is 0 Å². The van der Waals surface area contributed by atoms with Gasteiger partial charge in [0.25, 0.3) is 0 Å². The Balaban J connectivity index is 2.14. The Labute approximate surface area is 295 Å². The van der Waals surface area contributed by atoms with Crippen LogP contribution in [0, 0.1) is 0 Å². The van der Waals surface area contributed by atoms with E-state index in [9.17, 15) is 0 Å². The van der Waals surface area contributed by atoms with Crippen molar-refractivity contribution in [3.8, 4) is 17.2 Å². The SMILES string of the molecule is CCCCOC[C@H]1O[C@@H](c2cc(Cc3ccc(OCC)cc3)c(Cl)c(OC)c2OC)[C@H](OCCCC)[C@@H](OCCCC)[C@@H]1OCCCC. The summed E-state index contributed by atoms with van der Waals surface area (Å²) in [5.41, 5.74) is 2.78. The van der Waals surface area contributed by atoms with Crippen LogP contribution in [0.25, 0.3) is 0 Å². The maximum Gasteiger partial charge on any atom is 0.180 e. The topological polar surface area (TPSA) is 73.8 Å². The van der Waals surface area contributed by atoms with Crippen molar-refractivity contribution >= 4 is 11.6 Å². The minimum Gasteiger partial charge on any atom is -0.494 e. The summed E-state index contributed by atoms with van der Waals surface area (Å²) in [5, 5.41) is 0.502. The fourth-order valence-corrected chi connectivity index (χ4v) is 6.21. The molecule has 1 heterocycles. The Hall–Kier alpha value is -2.07. The molecular weight excluding hydrogens is 632 g/mol. The molecule has 0 aromatic heterocycles. The van der Waals surface area contributed by atoms with Crippen molar-refractivity contribution in [2.75, 3.05) is 53.9 Å². The molecule has 9 heteroatoms. The summed E-state index contributed by atoms with van der Waals surface area (Å²) < 4.78 is 51.0. The van der Waals surface area contributed by atoms with Gasteiger partial charge in [0.05, 0.1) is 32.5 Å². The van der Waals surface area contributed by atoms with E-state index in [2.05, 4.69) is 45.9 Å². The van der Waals surface area contributed by atoms with E-state index >= 15 is 0 Å². The molecule has 48 heavy (non-hydrogen) atoms. The van der Waals surface area contributed by atoms with Crippen LogP contribution in [0.1, 0.15) is 109 Å². The van der Waals surface area contributed by atoms with Gasteiger partial charge in [0.15, 0.2) is 11.5 Å². The number of halogens is 1. The smallest absolute Gasteiger partial charge is 0.180 e. The van der Waals surface area contributed by atoms with E-state index in [0.29, 0.717) is 62.6 Å². The molecule has 0 bridgehead atoms. The van der Waals surface area contributed by atoms with Crippen molar-refractivity contribution in [2.24, 2.45) is 0 Å². The van der Waals surface area contributed by atoms with E-state index in [0.717, 1.165) is 73.8 Å². The molecule has 0 spiro atoms. The third-order valence-electron chi connectivity index (χ3n) is 8.61. The predicted octanol–water partition coefficient (Wildman–Crippen LogP) is 9.16. The molecule has 2 aromatic rings. The van der Waals surface area contributed by atoms with Gasteiger partial charge in [-0.05, 0) is 68.4 Å². The molecule has 0 N–H and O–H groups in total. The number of benzene rings is 2. The van der Waals surface area contributed by atoms with Gasteiger partial charge in [-0.1, -0.05) is 77.1 Å². The van der Waals surface area contributed by atoms with Crippen molar-refractivity contribution in [1.29, 1.82) is 0 Å². The maximum absolute atomic E-state index is 7.06. The van der Waals surface area contributed by atoms with Gasteiger partial charge < -0.3 is 37.9 Å². The molecule has 0 amide bonds. The highest BCUT2D eigenvalue weighted by Crippen LogP contribution is 2.48. The molecule has 5 atom stereocenters. The lowest BCUT2D eigenvalue weighted by atomic mass is 9.88. The van der Waals surface area contributed by atoms with E-state index in [1.807, 2.05) is 19.1 Å². The largest absolute Gasteiger partial charge is 0.494 e. The summed E-state index contributed by atoms with van der Waals surface area (Å²) in [4.78, 5) is 0. The Morgan fingerprint density at radius 1 is 0.688 bits per heavy atom. The van der Waals surface area contributed by atoms with Crippen molar-refractivity contribution < 1.29 is 37.9 Å². The van der Waals surface area contributed by atoms with Crippen molar-refractivity contribution in [3.05, 3.63) is 52.0 Å². The fourth-order valence-electron chi connectivity index (χ4n) is 5.93. The minimum absolute atomic E-state index is 0.360. The molecule has 1 aliphatic heterocycles. The van der Waals surface area contributed by atoms with Crippen LogP contribution in [0.3, 0.4) is 0 Å². The first-order valence-corrected chi connectivity index (χ1v) is 18.6. The third kappa shape index (κ3) is 11.5. The average Bonchev–Trinajstić information content (AvgIpc) is 3.09. The van der Waals surface area contributed by atoms with Crippen molar-refractivity contribution in [3.63, 3.8) is 0 Å². The molecular formula is C39H61ClO8. The monoisotopic (exact) mass is 692 g/mol. The van der Waals surface area contributed by atoms with Crippen molar-refractivity contribution in [2.45, 2.75) is 123 Å². The minimum atomic E-state index is -0.556. The number of methoxy groups -OCH3 is 2. The number of rotatable bonds is 24. The molecule has 0 aliphatic carbocycles. The summed E-state index contributed by atoms with van der Waals surface area (Å²) in [6, 6.07) is 10.2. The number of ether oxygens (including phenoxy) is 8. The summed E-state index contributed by atoms with van der Waals surface area (Å²) >= 11 is 7.04. The zero-order valence-corrected chi connectivity index (χ0v) is 31.3. The van der Waals surface area contributed by atoms with Gasteiger partial charge in [0, 0.05) is 32.0 Å². The van der Waals surface area contributed by atoms with E-state index in [-0.39, 0.29) is 18.3 Å². The molecule has 8 nitrogen and oxygen atoms in total. The first-order chi connectivity index (χ1) is 23.5. The van der Waals surface area contributed by atoms with Gasteiger partial charge in [0.1, 0.15) is 36.3 Å². The quantitative estimate of drug-likeness (QED) is 0.101. The lowest BCUT2D eigenvalue weighted by Gasteiger charge is -2.46. The normalized spacial score (nSPS) is 21.0. The van der Waals surface area contributed by atoms with E-state index in [1.54, 1.807) is 14.2 Å². The molecule has 3 rings (SSSR count). The lowest BCUT2D eigenvalue weighted by molar-refractivity contribution is -0.268.